The van der Waals surface area contributed by atoms with E-state index in [4.69, 9.17) is 0 Å². The molecule has 11 heteroatoms. The van der Waals surface area contributed by atoms with Crippen LogP contribution in [0.3, 0.4) is 0 Å². The molecule has 0 aliphatic carbocycles. The second-order valence-corrected chi connectivity index (χ2v) is 6.58. The van der Waals surface area contributed by atoms with Crippen molar-refractivity contribution in [2.75, 3.05) is 10.8 Å². The molecule has 160 valence electrons. The predicted molar refractivity (Wildman–Crippen MR) is 103 cm³/mol. The molecule has 0 amide bonds. The summed E-state index contributed by atoms with van der Waals surface area (Å²) in [5.41, 5.74) is 0.776. The van der Waals surface area contributed by atoms with Gasteiger partial charge >= 0.3 is 6.18 Å². The van der Waals surface area contributed by atoms with Crippen molar-refractivity contribution < 1.29 is 27.2 Å². The Kier molecular flexibility index (Phi) is 5.19. The SMILES string of the molecule is ONc1cc(Nc2ccc(CF)cc2)nc(-c2c(C(F)(F)F)nc3ccc(F)cn23)c1. The summed E-state index contributed by atoms with van der Waals surface area (Å²) in [5, 5.41) is 12.2. The van der Waals surface area contributed by atoms with E-state index >= 15 is 0 Å². The fourth-order valence-corrected chi connectivity index (χ4v) is 3.07. The molecule has 0 saturated carbocycles. The molecule has 3 heterocycles. The van der Waals surface area contributed by atoms with Gasteiger partial charge in [0.2, 0.25) is 0 Å². The van der Waals surface area contributed by atoms with Crippen LogP contribution < -0.4 is 10.8 Å². The molecule has 0 spiro atoms. The third kappa shape index (κ3) is 4.12. The molecule has 0 radical (unpaired) electrons. The first-order chi connectivity index (χ1) is 14.8. The summed E-state index contributed by atoms with van der Waals surface area (Å²) in [4.78, 5) is 7.78. The fraction of sp³-hybridized carbons (Fsp3) is 0.100. The number of alkyl halides is 4. The van der Waals surface area contributed by atoms with Crippen LogP contribution in [0.15, 0.2) is 54.7 Å². The van der Waals surface area contributed by atoms with Gasteiger partial charge in [-0.3, -0.25) is 15.1 Å². The summed E-state index contributed by atoms with van der Waals surface area (Å²) in [5.74, 6) is -0.677. The average molecular weight is 435 g/mol. The van der Waals surface area contributed by atoms with Crippen LogP contribution in [0.25, 0.3) is 17.0 Å². The Balaban J connectivity index is 1.87. The van der Waals surface area contributed by atoms with E-state index in [0.29, 0.717) is 11.3 Å². The van der Waals surface area contributed by atoms with E-state index in [1.165, 1.54) is 24.3 Å². The number of imidazole rings is 1. The van der Waals surface area contributed by atoms with Gasteiger partial charge in [-0.1, -0.05) is 12.1 Å². The summed E-state index contributed by atoms with van der Waals surface area (Å²) in [6, 6.07) is 10.8. The van der Waals surface area contributed by atoms with Crippen LogP contribution >= 0.6 is 0 Å². The molecule has 6 nitrogen and oxygen atoms in total. The van der Waals surface area contributed by atoms with Crippen LogP contribution in [0.5, 0.6) is 0 Å². The molecule has 0 fully saturated rings. The first-order valence-corrected chi connectivity index (χ1v) is 8.88. The molecular formula is C20H14F5N5O. The van der Waals surface area contributed by atoms with E-state index in [-0.39, 0.29) is 22.8 Å². The van der Waals surface area contributed by atoms with E-state index in [1.54, 1.807) is 12.1 Å². The minimum Gasteiger partial charge on any atom is -0.340 e. The number of hydrogen-bond acceptors (Lipinski definition) is 5. The van der Waals surface area contributed by atoms with Crippen LogP contribution in [0.4, 0.5) is 39.1 Å². The van der Waals surface area contributed by atoms with Crippen LogP contribution in [-0.2, 0) is 12.9 Å². The molecule has 0 atom stereocenters. The van der Waals surface area contributed by atoms with Crippen LogP contribution in [-0.4, -0.2) is 19.6 Å². The Bertz CT molecular complexity index is 1240. The van der Waals surface area contributed by atoms with Crippen molar-refractivity contribution in [3.63, 3.8) is 0 Å². The summed E-state index contributed by atoms with van der Waals surface area (Å²) in [6.45, 7) is -0.641. The molecular weight excluding hydrogens is 421 g/mol. The number of halogens is 5. The molecule has 3 N–H and O–H groups in total. The van der Waals surface area contributed by atoms with Crippen molar-refractivity contribution in [3.05, 3.63) is 71.8 Å². The van der Waals surface area contributed by atoms with Crippen LogP contribution in [0.1, 0.15) is 11.3 Å². The first kappa shape index (κ1) is 20.5. The number of nitrogens with zero attached hydrogens (tertiary/aromatic N) is 3. The maximum atomic E-state index is 13.8. The lowest BCUT2D eigenvalue weighted by atomic mass is 10.2. The second-order valence-electron chi connectivity index (χ2n) is 6.58. The third-order valence-corrected chi connectivity index (χ3v) is 4.43. The zero-order valence-electron chi connectivity index (χ0n) is 15.6. The quantitative estimate of drug-likeness (QED) is 0.282. The monoisotopic (exact) mass is 435 g/mol. The Labute approximate surface area is 172 Å². The van der Waals surface area contributed by atoms with Gasteiger partial charge < -0.3 is 5.32 Å². The lowest BCUT2D eigenvalue weighted by Gasteiger charge is -2.12. The van der Waals surface area contributed by atoms with Crippen molar-refractivity contribution in [2.45, 2.75) is 12.9 Å². The van der Waals surface area contributed by atoms with Crippen molar-refractivity contribution in [1.29, 1.82) is 0 Å². The van der Waals surface area contributed by atoms with E-state index in [9.17, 15) is 27.2 Å². The molecule has 0 saturated heterocycles. The van der Waals surface area contributed by atoms with Crippen molar-refractivity contribution in [3.8, 4) is 11.4 Å². The number of anilines is 3. The normalized spacial score (nSPS) is 11.7. The summed E-state index contributed by atoms with van der Waals surface area (Å²) < 4.78 is 68.4. The van der Waals surface area contributed by atoms with Gasteiger partial charge in [0, 0.05) is 18.0 Å². The largest absolute Gasteiger partial charge is 0.435 e. The van der Waals surface area contributed by atoms with Crippen molar-refractivity contribution in [2.24, 2.45) is 0 Å². The van der Waals surface area contributed by atoms with Gasteiger partial charge in [-0.25, -0.2) is 18.7 Å². The molecule has 0 bridgehead atoms. The summed E-state index contributed by atoms with van der Waals surface area (Å²) in [6.07, 6.45) is -3.96. The van der Waals surface area contributed by atoms with Gasteiger partial charge in [0.05, 0.1) is 11.4 Å². The molecule has 4 rings (SSSR count). The van der Waals surface area contributed by atoms with Crippen molar-refractivity contribution >= 4 is 22.8 Å². The highest BCUT2D eigenvalue weighted by molar-refractivity contribution is 5.72. The number of rotatable bonds is 5. The highest BCUT2D eigenvalue weighted by Gasteiger charge is 2.39. The molecule has 0 aliphatic heterocycles. The average Bonchev–Trinajstić information content (AvgIpc) is 3.13. The van der Waals surface area contributed by atoms with Gasteiger partial charge in [0.15, 0.2) is 5.69 Å². The number of hydrogen-bond donors (Lipinski definition) is 3. The van der Waals surface area contributed by atoms with Crippen molar-refractivity contribution in [1.82, 2.24) is 14.4 Å². The topological polar surface area (TPSA) is 74.5 Å². The number of aromatic nitrogens is 3. The molecule has 1 aromatic carbocycles. The van der Waals surface area contributed by atoms with Gasteiger partial charge in [-0.2, -0.15) is 13.2 Å². The smallest absolute Gasteiger partial charge is 0.340 e. The first-order valence-electron chi connectivity index (χ1n) is 8.88. The molecule has 4 aromatic rings. The summed E-state index contributed by atoms with van der Waals surface area (Å²) in [7, 11) is 0. The lowest BCUT2D eigenvalue weighted by molar-refractivity contribution is -0.140. The number of pyridine rings is 2. The number of nitrogens with one attached hydrogen (secondary N) is 2. The summed E-state index contributed by atoms with van der Waals surface area (Å²) >= 11 is 0. The van der Waals surface area contributed by atoms with Crippen LogP contribution in [0, 0.1) is 5.82 Å². The highest BCUT2D eigenvalue weighted by atomic mass is 19.4. The number of fused-ring (bicyclic) bond motifs is 1. The predicted octanol–water partition coefficient (Wildman–Crippen LogP) is 5.57. The molecule has 0 unspecified atom stereocenters. The standard InChI is InChI=1S/C20H14F5N5O/c21-9-11-1-4-13(5-2-11)26-16-8-14(29-31)7-15(27-16)18-19(20(23,24)25)28-17-6-3-12(22)10-30(17)18/h1-8,10,31H,9H2,(H2,26,27,29). The molecule has 3 aromatic heterocycles. The zero-order valence-corrected chi connectivity index (χ0v) is 15.6. The maximum Gasteiger partial charge on any atom is 0.435 e. The third-order valence-electron chi connectivity index (χ3n) is 4.43. The van der Waals surface area contributed by atoms with E-state index < -0.39 is 30.1 Å². The lowest BCUT2D eigenvalue weighted by Crippen LogP contribution is -2.09. The van der Waals surface area contributed by atoms with Gasteiger partial charge in [-0.15, -0.1) is 0 Å². The fourth-order valence-electron chi connectivity index (χ4n) is 3.07. The maximum absolute atomic E-state index is 13.8. The Morgan fingerprint density at radius 1 is 0.968 bits per heavy atom. The van der Waals surface area contributed by atoms with Crippen LogP contribution in [0.2, 0.25) is 0 Å². The second kappa shape index (κ2) is 7.84. The van der Waals surface area contributed by atoms with Gasteiger partial charge in [0.25, 0.3) is 0 Å². The molecule has 31 heavy (non-hydrogen) atoms. The van der Waals surface area contributed by atoms with Gasteiger partial charge in [0.1, 0.15) is 29.7 Å². The zero-order chi connectivity index (χ0) is 22.2. The molecule has 0 aliphatic rings. The Morgan fingerprint density at radius 2 is 1.71 bits per heavy atom. The van der Waals surface area contributed by atoms with E-state index in [1.807, 2.05) is 5.48 Å². The van der Waals surface area contributed by atoms with E-state index in [2.05, 4.69) is 15.3 Å². The Morgan fingerprint density at radius 3 is 2.35 bits per heavy atom. The van der Waals surface area contributed by atoms with E-state index in [0.717, 1.165) is 22.7 Å². The minimum absolute atomic E-state index is 0.0346. The van der Waals surface area contributed by atoms with Gasteiger partial charge in [-0.05, 0) is 35.9 Å². The minimum atomic E-state index is -4.84. The Hall–Kier alpha value is -3.73. The number of benzene rings is 1. The highest BCUT2D eigenvalue weighted by Crippen LogP contribution is 2.38.